The molecule has 0 N–H and O–H groups in total. The maximum Gasteiger partial charge on any atom is 0.0737 e. The Labute approximate surface area is 140 Å². The van der Waals surface area contributed by atoms with Crippen molar-refractivity contribution in [3.05, 3.63) is 53.4 Å². The van der Waals surface area contributed by atoms with Gasteiger partial charge in [-0.25, -0.2) is 0 Å². The van der Waals surface area contributed by atoms with E-state index in [4.69, 9.17) is 11.6 Å². The van der Waals surface area contributed by atoms with Crippen molar-refractivity contribution in [3.8, 4) is 0 Å². The molecule has 0 bridgehead atoms. The summed E-state index contributed by atoms with van der Waals surface area (Å²) in [5, 5.41) is 6.21. The Bertz CT molecular complexity index is 834. The molecule has 0 unspecified atom stereocenters. The Morgan fingerprint density at radius 3 is 2.74 bits per heavy atom. The van der Waals surface area contributed by atoms with E-state index in [1.54, 1.807) is 0 Å². The van der Waals surface area contributed by atoms with E-state index in [9.17, 15) is 0 Å². The molecule has 4 nitrogen and oxygen atoms in total. The summed E-state index contributed by atoms with van der Waals surface area (Å²) in [6.07, 6.45) is 8.34. The highest BCUT2D eigenvalue weighted by atomic mass is 35.5. The lowest BCUT2D eigenvalue weighted by Gasteiger charge is -2.34. The molecule has 0 saturated carbocycles. The van der Waals surface area contributed by atoms with E-state index in [-0.39, 0.29) is 0 Å². The molecule has 5 heteroatoms. The number of aromatic nitrogens is 3. The molecule has 0 atom stereocenters. The van der Waals surface area contributed by atoms with Gasteiger partial charge in [-0.3, -0.25) is 9.67 Å². The molecule has 3 aromatic rings. The van der Waals surface area contributed by atoms with Gasteiger partial charge >= 0.3 is 0 Å². The van der Waals surface area contributed by atoms with Gasteiger partial charge in [-0.05, 0) is 48.6 Å². The first kappa shape index (κ1) is 14.5. The van der Waals surface area contributed by atoms with E-state index in [1.165, 1.54) is 16.6 Å². The number of nitrogens with zero attached hydrogens (tertiary/aromatic N) is 4. The average molecular weight is 327 g/mol. The van der Waals surface area contributed by atoms with Gasteiger partial charge in [0.2, 0.25) is 0 Å². The number of fused-ring (bicyclic) bond motifs is 1. The second kappa shape index (κ2) is 5.85. The fourth-order valence-electron chi connectivity index (χ4n) is 3.49. The SMILES string of the molecule is Cn1cc(C2CCN(c3ccnc4cc(Cl)ccc34)CC2)cn1. The van der Waals surface area contributed by atoms with E-state index >= 15 is 0 Å². The van der Waals surface area contributed by atoms with Gasteiger partial charge in [0.15, 0.2) is 0 Å². The summed E-state index contributed by atoms with van der Waals surface area (Å²) in [6.45, 7) is 2.11. The van der Waals surface area contributed by atoms with Crippen LogP contribution in [0.25, 0.3) is 10.9 Å². The first-order chi connectivity index (χ1) is 11.2. The number of anilines is 1. The topological polar surface area (TPSA) is 34.0 Å². The van der Waals surface area contributed by atoms with Crippen LogP contribution in [-0.4, -0.2) is 27.9 Å². The molecule has 1 aliphatic rings. The van der Waals surface area contributed by atoms with Crippen LogP contribution in [0.1, 0.15) is 24.3 Å². The van der Waals surface area contributed by atoms with Crippen molar-refractivity contribution < 1.29 is 0 Å². The number of hydrogen-bond donors (Lipinski definition) is 0. The normalized spacial score (nSPS) is 16.2. The number of rotatable bonds is 2. The molecule has 1 aliphatic heterocycles. The summed E-state index contributed by atoms with van der Waals surface area (Å²) in [7, 11) is 1.98. The minimum absolute atomic E-state index is 0.613. The van der Waals surface area contributed by atoms with Gasteiger partial charge in [-0.2, -0.15) is 5.10 Å². The van der Waals surface area contributed by atoms with Crippen LogP contribution < -0.4 is 4.90 Å². The predicted molar refractivity (Wildman–Crippen MR) is 94.1 cm³/mol. The molecule has 0 aliphatic carbocycles. The van der Waals surface area contributed by atoms with Crippen LogP contribution in [0.15, 0.2) is 42.9 Å². The van der Waals surface area contributed by atoms with Crippen LogP contribution in [0.2, 0.25) is 5.02 Å². The highest BCUT2D eigenvalue weighted by molar-refractivity contribution is 6.31. The van der Waals surface area contributed by atoms with Crippen LogP contribution in [-0.2, 0) is 7.05 Å². The highest BCUT2D eigenvalue weighted by Gasteiger charge is 2.22. The summed E-state index contributed by atoms with van der Waals surface area (Å²) >= 11 is 6.08. The fourth-order valence-corrected chi connectivity index (χ4v) is 3.65. The quantitative estimate of drug-likeness (QED) is 0.713. The van der Waals surface area contributed by atoms with Gasteiger partial charge in [-0.1, -0.05) is 11.6 Å². The molecule has 1 aromatic carbocycles. The third-order valence-electron chi connectivity index (χ3n) is 4.71. The summed E-state index contributed by atoms with van der Waals surface area (Å²) < 4.78 is 1.89. The molecule has 23 heavy (non-hydrogen) atoms. The number of pyridine rings is 1. The van der Waals surface area contributed by atoms with Crippen molar-refractivity contribution in [1.82, 2.24) is 14.8 Å². The maximum absolute atomic E-state index is 6.08. The van der Waals surface area contributed by atoms with E-state index in [2.05, 4.69) is 33.3 Å². The lowest BCUT2D eigenvalue weighted by Crippen LogP contribution is -2.32. The zero-order valence-electron chi connectivity index (χ0n) is 13.1. The Kier molecular flexibility index (Phi) is 3.69. The second-order valence-electron chi connectivity index (χ2n) is 6.20. The maximum atomic E-state index is 6.08. The predicted octanol–water partition coefficient (Wildman–Crippen LogP) is 4.01. The monoisotopic (exact) mass is 326 g/mol. The van der Waals surface area contributed by atoms with E-state index in [0.717, 1.165) is 36.5 Å². The zero-order chi connectivity index (χ0) is 15.8. The van der Waals surface area contributed by atoms with Crippen LogP contribution in [0, 0.1) is 0 Å². The summed E-state index contributed by atoms with van der Waals surface area (Å²) in [5.41, 5.74) is 3.58. The van der Waals surface area contributed by atoms with Crippen molar-refractivity contribution >= 4 is 28.2 Å². The molecule has 2 aromatic heterocycles. The van der Waals surface area contributed by atoms with Gasteiger partial charge in [-0.15, -0.1) is 0 Å². The van der Waals surface area contributed by atoms with Gasteiger partial charge in [0.25, 0.3) is 0 Å². The van der Waals surface area contributed by atoms with E-state index in [1.807, 2.05) is 36.3 Å². The van der Waals surface area contributed by atoms with Crippen molar-refractivity contribution in [2.45, 2.75) is 18.8 Å². The molecule has 0 radical (unpaired) electrons. The number of piperidine rings is 1. The van der Waals surface area contributed by atoms with Crippen LogP contribution in [0.4, 0.5) is 5.69 Å². The fraction of sp³-hybridized carbons (Fsp3) is 0.333. The average Bonchev–Trinajstić information content (AvgIpc) is 3.01. The smallest absolute Gasteiger partial charge is 0.0737 e. The molecule has 0 amide bonds. The van der Waals surface area contributed by atoms with Gasteiger partial charge < -0.3 is 4.90 Å². The van der Waals surface area contributed by atoms with Crippen molar-refractivity contribution in [1.29, 1.82) is 0 Å². The Morgan fingerprint density at radius 2 is 2.00 bits per heavy atom. The summed E-state index contributed by atoms with van der Waals surface area (Å²) in [5.74, 6) is 0.613. The standard InChI is InChI=1S/C18H19ClN4/c1-22-12-14(11-21-22)13-5-8-23(9-6-13)18-4-7-20-17-10-15(19)2-3-16(17)18/h2-4,7,10-13H,5-6,8-9H2,1H3. The molecule has 1 saturated heterocycles. The van der Waals surface area contributed by atoms with E-state index < -0.39 is 0 Å². The molecule has 118 valence electrons. The van der Waals surface area contributed by atoms with Crippen LogP contribution in [0.3, 0.4) is 0 Å². The number of halogens is 1. The van der Waals surface area contributed by atoms with E-state index in [0.29, 0.717) is 5.92 Å². The lowest BCUT2D eigenvalue weighted by atomic mass is 9.91. The third-order valence-corrected chi connectivity index (χ3v) is 4.95. The molecule has 1 fully saturated rings. The van der Waals surface area contributed by atoms with Crippen LogP contribution in [0.5, 0.6) is 0 Å². The number of benzene rings is 1. The second-order valence-corrected chi connectivity index (χ2v) is 6.64. The van der Waals surface area contributed by atoms with Crippen molar-refractivity contribution in [2.24, 2.45) is 7.05 Å². The Hall–Kier alpha value is -2.07. The van der Waals surface area contributed by atoms with Gasteiger partial charge in [0.05, 0.1) is 11.7 Å². The van der Waals surface area contributed by atoms with Crippen molar-refractivity contribution in [3.63, 3.8) is 0 Å². The first-order valence-electron chi connectivity index (χ1n) is 7.98. The van der Waals surface area contributed by atoms with Gasteiger partial charge in [0.1, 0.15) is 0 Å². The molecule has 0 spiro atoms. The Balaban J connectivity index is 1.57. The highest BCUT2D eigenvalue weighted by Crippen LogP contribution is 2.33. The minimum Gasteiger partial charge on any atom is -0.371 e. The number of hydrogen-bond acceptors (Lipinski definition) is 3. The van der Waals surface area contributed by atoms with Crippen molar-refractivity contribution in [2.75, 3.05) is 18.0 Å². The molecular formula is C18H19ClN4. The Morgan fingerprint density at radius 1 is 1.17 bits per heavy atom. The minimum atomic E-state index is 0.613. The first-order valence-corrected chi connectivity index (χ1v) is 8.36. The largest absolute Gasteiger partial charge is 0.371 e. The zero-order valence-corrected chi connectivity index (χ0v) is 13.9. The lowest BCUT2D eigenvalue weighted by molar-refractivity contribution is 0.506. The molecular weight excluding hydrogens is 308 g/mol. The van der Waals surface area contributed by atoms with Gasteiger partial charge in [0, 0.05) is 48.6 Å². The third kappa shape index (κ3) is 2.79. The summed E-state index contributed by atoms with van der Waals surface area (Å²) in [6, 6.07) is 8.06. The summed E-state index contributed by atoms with van der Waals surface area (Å²) in [4.78, 5) is 6.90. The van der Waals surface area contributed by atoms with Crippen LogP contribution >= 0.6 is 11.6 Å². The molecule has 3 heterocycles. The number of aryl methyl sites for hydroxylation is 1. The molecule has 4 rings (SSSR count).